The Kier molecular flexibility index (Phi) is 5.73. The number of nitrogens with two attached hydrogens (primary N) is 1. The molecule has 3 N–H and O–H groups in total. The summed E-state index contributed by atoms with van der Waals surface area (Å²) >= 11 is 0. The van der Waals surface area contributed by atoms with Gasteiger partial charge in [-0.05, 0) is 59.3 Å². The van der Waals surface area contributed by atoms with Gasteiger partial charge in [-0.15, -0.1) is 0 Å². The molecule has 0 aromatic rings. The van der Waals surface area contributed by atoms with Gasteiger partial charge in [-0.3, -0.25) is 4.79 Å². The van der Waals surface area contributed by atoms with Gasteiger partial charge < -0.3 is 15.8 Å². The summed E-state index contributed by atoms with van der Waals surface area (Å²) in [5.74, 6) is -0.176. The molecule has 1 aliphatic carbocycles. The van der Waals surface area contributed by atoms with Crippen molar-refractivity contribution in [3.05, 3.63) is 0 Å². The highest BCUT2D eigenvalue weighted by Gasteiger charge is 2.37. The minimum atomic E-state index is -1.17. The first-order chi connectivity index (χ1) is 9.56. The Morgan fingerprint density at radius 2 is 1.95 bits per heavy atom. The number of ether oxygens (including phenoxy) is 1. The quantitative estimate of drug-likeness (QED) is 0.816. The lowest BCUT2D eigenvalue weighted by Gasteiger charge is -2.35. The van der Waals surface area contributed by atoms with Crippen LogP contribution in [0.5, 0.6) is 0 Å². The fourth-order valence-corrected chi connectivity index (χ4v) is 2.58. The van der Waals surface area contributed by atoms with Crippen LogP contribution in [-0.2, 0) is 9.53 Å². The standard InChI is InChI=1S/C15H27FN2O3/c1-10(19)12(11-5-7-15(4,16)8-6-11)18-13(20)21-14(2,3)9-17/h11-12H,5-9,17H2,1-4H3,(H,18,20). The highest BCUT2D eigenvalue weighted by molar-refractivity contribution is 5.85. The van der Waals surface area contributed by atoms with Gasteiger partial charge in [0.2, 0.25) is 0 Å². The minimum Gasteiger partial charge on any atom is -0.442 e. The van der Waals surface area contributed by atoms with Crippen LogP contribution in [0.25, 0.3) is 0 Å². The monoisotopic (exact) mass is 302 g/mol. The van der Waals surface area contributed by atoms with Gasteiger partial charge in [0.15, 0.2) is 5.78 Å². The average Bonchev–Trinajstić information content (AvgIpc) is 2.35. The second-order valence-electron chi connectivity index (χ2n) is 6.84. The molecule has 122 valence electrons. The zero-order valence-corrected chi connectivity index (χ0v) is 13.4. The van der Waals surface area contributed by atoms with E-state index >= 15 is 0 Å². The summed E-state index contributed by atoms with van der Waals surface area (Å²) in [5, 5.41) is 2.62. The zero-order chi connectivity index (χ0) is 16.3. The van der Waals surface area contributed by atoms with Crippen LogP contribution in [0.3, 0.4) is 0 Å². The van der Waals surface area contributed by atoms with Crippen LogP contribution in [0, 0.1) is 5.92 Å². The molecule has 1 saturated carbocycles. The molecule has 6 heteroatoms. The molecule has 1 atom stereocenters. The number of amides is 1. The summed E-state index contributed by atoms with van der Waals surface area (Å²) in [6.45, 7) is 6.60. The summed E-state index contributed by atoms with van der Waals surface area (Å²) in [7, 11) is 0. The van der Waals surface area contributed by atoms with Crippen molar-refractivity contribution in [1.29, 1.82) is 0 Å². The number of halogens is 1. The van der Waals surface area contributed by atoms with Crippen LogP contribution in [0.15, 0.2) is 0 Å². The maximum absolute atomic E-state index is 13.8. The van der Waals surface area contributed by atoms with Crippen molar-refractivity contribution in [2.45, 2.75) is 70.7 Å². The maximum Gasteiger partial charge on any atom is 0.408 e. The fraction of sp³-hybridized carbons (Fsp3) is 0.867. The Balaban J connectivity index is 2.63. The van der Waals surface area contributed by atoms with E-state index in [0.717, 1.165) is 0 Å². The average molecular weight is 302 g/mol. The van der Waals surface area contributed by atoms with Crippen molar-refractivity contribution in [2.24, 2.45) is 11.7 Å². The van der Waals surface area contributed by atoms with Crippen LogP contribution >= 0.6 is 0 Å². The predicted octanol–water partition coefficient (Wildman–Crippen LogP) is 2.33. The summed E-state index contributed by atoms with van der Waals surface area (Å²) in [5.41, 5.74) is 3.56. The summed E-state index contributed by atoms with van der Waals surface area (Å²) in [6.07, 6.45) is 1.33. The largest absolute Gasteiger partial charge is 0.442 e. The molecule has 0 aromatic heterocycles. The number of nitrogens with one attached hydrogen (secondary N) is 1. The second-order valence-corrected chi connectivity index (χ2v) is 6.84. The Morgan fingerprint density at radius 3 is 2.38 bits per heavy atom. The summed E-state index contributed by atoms with van der Waals surface area (Å²) in [4.78, 5) is 23.7. The van der Waals surface area contributed by atoms with Gasteiger partial charge in [0, 0.05) is 6.54 Å². The molecule has 0 bridgehead atoms. The van der Waals surface area contributed by atoms with Gasteiger partial charge in [-0.1, -0.05) is 0 Å². The molecule has 21 heavy (non-hydrogen) atoms. The molecule has 0 aliphatic heterocycles. The van der Waals surface area contributed by atoms with Crippen LogP contribution in [0.2, 0.25) is 0 Å². The third kappa shape index (κ3) is 5.61. The fourth-order valence-electron chi connectivity index (χ4n) is 2.58. The number of alkyl halides is 1. The molecule has 0 spiro atoms. The molecule has 0 radical (unpaired) electrons. The maximum atomic E-state index is 13.8. The second kappa shape index (κ2) is 6.73. The van der Waals surface area contributed by atoms with Gasteiger partial charge in [0.1, 0.15) is 11.3 Å². The SMILES string of the molecule is CC(=O)C(NC(=O)OC(C)(C)CN)C1CCC(C)(F)CC1. The lowest BCUT2D eigenvalue weighted by Crippen LogP contribution is -2.49. The van der Waals surface area contributed by atoms with Gasteiger partial charge in [0.05, 0.1) is 6.04 Å². The molecule has 1 fully saturated rings. The van der Waals surface area contributed by atoms with Crippen molar-refractivity contribution in [2.75, 3.05) is 6.54 Å². The highest BCUT2D eigenvalue weighted by atomic mass is 19.1. The number of alkyl carbamates (subject to hydrolysis) is 1. The molecule has 5 nitrogen and oxygen atoms in total. The summed E-state index contributed by atoms with van der Waals surface area (Å²) in [6, 6.07) is -0.623. The number of rotatable bonds is 5. The van der Waals surface area contributed by atoms with E-state index in [-0.39, 0.29) is 18.2 Å². The molecule has 1 rings (SSSR count). The summed E-state index contributed by atoms with van der Waals surface area (Å²) < 4.78 is 19.0. The normalized spacial score (nSPS) is 27.8. The zero-order valence-electron chi connectivity index (χ0n) is 13.4. The third-order valence-electron chi connectivity index (χ3n) is 4.12. The lowest BCUT2D eigenvalue weighted by molar-refractivity contribution is -0.121. The van der Waals surface area contributed by atoms with Crippen LogP contribution < -0.4 is 11.1 Å². The molecular weight excluding hydrogens is 275 g/mol. The predicted molar refractivity (Wildman–Crippen MR) is 78.7 cm³/mol. The van der Waals surface area contributed by atoms with Gasteiger partial charge in [-0.2, -0.15) is 0 Å². The smallest absolute Gasteiger partial charge is 0.408 e. The van der Waals surface area contributed by atoms with Crippen molar-refractivity contribution in [3.8, 4) is 0 Å². The molecule has 0 saturated heterocycles. The van der Waals surface area contributed by atoms with E-state index in [1.165, 1.54) is 6.92 Å². The lowest BCUT2D eigenvalue weighted by atomic mass is 9.77. The third-order valence-corrected chi connectivity index (χ3v) is 4.12. The van der Waals surface area contributed by atoms with Crippen molar-refractivity contribution in [1.82, 2.24) is 5.32 Å². The Morgan fingerprint density at radius 1 is 1.43 bits per heavy atom. The molecule has 0 aromatic carbocycles. The van der Waals surface area contributed by atoms with Crippen molar-refractivity contribution < 1.29 is 18.7 Å². The van der Waals surface area contributed by atoms with Gasteiger partial charge in [-0.25, -0.2) is 9.18 Å². The van der Waals surface area contributed by atoms with Crippen LogP contribution in [0.4, 0.5) is 9.18 Å². The number of carbonyl (C=O) groups is 2. The van der Waals surface area contributed by atoms with E-state index < -0.39 is 23.4 Å². The molecule has 1 aliphatic rings. The first-order valence-corrected chi connectivity index (χ1v) is 7.45. The van der Waals surface area contributed by atoms with E-state index in [4.69, 9.17) is 10.5 Å². The Labute approximate surface area is 125 Å². The molecule has 1 amide bonds. The first kappa shape index (κ1) is 17.9. The first-order valence-electron chi connectivity index (χ1n) is 7.45. The van der Waals surface area contributed by atoms with Crippen LogP contribution in [-0.4, -0.2) is 35.7 Å². The highest BCUT2D eigenvalue weighted by Crippen LogP contribution is 2.36. The van der Waals surface area contributed by atoms with Gasteiger partial charge in [0.25, 0.3) is 0 Å². The number of hydrogen-bond acceptors (Lipinski definition) is 4. The Hall–Kier alpha value is -1.17. The molecule has 1 unspecified atom stereocenters. The Bertz CT molecular complexity index is 386. The van der Waals surface area contributed by atoms with E-state index in [1.54, 1.807) is 20.8 Å². The molecule has 0 heterocycles. The topological polar surface area (TPSA) is 81.4 Å². The molecular formula is C15H27FN2O3. The van der Waals surface area contributed by atoms with E-state index in [0.29, 0.717) is 25.7 Å². The number of hydrogen-bond donors (Lipinski definition) is 2. The number of Topliss-reactive ketones (excluding diaryl/α,β-unsaturated/α-hetero) is 1. The number of carbonyl (C=O) groups excluding carboxylic acids is 2. The van der Waals surface area contributed by atoms with Crippen molar-refractivity contribution in [3.63, 3.8) is 0 Å². The number of ketones is 1. The van der Waals surface area contributed by atoms with E-state index in [9.17, 15) is 14.0 Å². The van der Waals surface area contributed by atoms with E-state index in [2.05, 4.69) is 5.32 Å². The van der Waals surface area contributed by atoms with E-state index in [1.807, 2.05) is 0 Å². The van der Waals surface area contributed by atoms with Crippen LogP contribution in [0.1, 0.15) is 53.4 Å². The van der Waals surface area contributed by atoms with Crippen molar-refractivity contribution >= 4 is 11.9 Å². The van der Waals surface area contributed by atoms with Gasteiger partial charge >= 0.3 is 6.09 Å². The minimum absolute atomic E-state index is 0.0418.